The summed E-state index contributed by atoms with van der Waals surface area (Å²) in [5.74, 6) is 9.21. The van der Waals surface area contributed by atoms with Crippen LogP contribution in [-0.4, -0.2) is 42.6 Å². The van der Waals surface area contributed by atoms with Crippen LogP contribution < -0.4 is 16.0 Å². The lowest BCUT2D eigenvalue weighted by atomic mass is 9.96. The van der Waals surface area contributed by atoms with Gasteiger partial charge in [0.05, 0.1) is 12.6 Å². The van der Waals surface area contributed by atoms with Gasteiger partial charge in [0, 0.05) is 36.1 Å². The molecule has 2 aliphatic heterocycles. The van der Waals surface area contributed by atoms with E-state index in [1.807, 2.05) is 11.8 Å². The zero-order valence-corrected chi connectivity index (χ0v) is 12.1. The molecule has 0 radical (unpaired) electrons. The van der Waals surface area contributed by atoms with E-state index >= 15 is 0 Å². The molecule has 2 unspecified atom stereocenters. The molecule has 0 saturated carbocycles. The van der Waals surface area contributed by atoms with Crippen molar-refractivity contribution in [3.63, 3.8) is 0 Å². The lowest BCUT2D eigenvalue weighted by Crippen LogP contribution is -2.49. The first-order chi connectivity index (χ1) is 9.31. The topological polar surface area (TPSA) is 50.5 Å². The van der Waals surface area contributed by atoms with Crippen molar-refractivity contribution < 1.29 is 4.74 Å². The van der Waals surface area contributed by atoms with Gasteiger partial charge in [0.15, 0.2) is 0 Å². The summed E-state index contributed by atoms with van der Waals surface area (Å²) in [4.78, 5) is 2.40. The number of thioether (sulfide) groups is 1. The molecule has 1 aromatic carbocycles. The van der Waals surface area contributed by atoms with Gasteiger partial charge < -0.3 is 4.74 Å². The maximum absolute atomic E-state index is 5.85. The normalized spacial score (nSPS) is 24.8. The minimum Gasteiger partial charge on any atom is -0.493 e. The number of likely N-dealkylation sites (N-methyl/N-ethyl adjacent to an activating group) is 1. The molecular weight excluding hydrogens is 258 g/mol. The number of nitrogens with one attached hydrogen (secondary N) is 1. The van der Waals surface area contributed by atoms with E-state index in [2.05, 4.69) is 35.6 Å². The van der Waals surface area contributed by atoms with Crippen LogP contribution in [0.1, 0.15) is 17.2 Å². The number of hydrogen-bond acceptors (Lipinski definition) is 5. The minimum atomic E-state index is 0.130. The molecule has 1 fully saturated rings. The second-order valence-corrected chi connectivity index (χ2v) is 6.35. The molecule has 1 aromatic rings. The van der Waals surface area contributed by atoms with Crippen LogP contribution in [0.2, 0.25) is 0 Å². The zero-order chi connectivity index (χ0) is 13.2. The molecule has 0 aromatic heterocycles. The van der Waals surface area contributed by atoms with Gasteiger partial charge in [-0.3, -0.25) is 16.2 Å². The minimum absolute atomic E-state index is 0.130. The third kappa shape index (κ3) is 2.48. The third-order valence-corrected chi connectivity index (χ3v) is 5.14. The first-order valence-corrected chi connectivity index (χ1v) is 7.95. The Bertz CT molecular complexity index is 454. The van der Waals surface area contributed by atoms with Gasteiger partial charge >= 0.3 is 0 Å². The second-order valence-electron chi connectivity index (χ2n) is 5.20. The lowest BCUT2D eigenvalue weighted by molar-refractivity contribution is 0.213. The Morgan fingerprint density at radius 1 is 1.53 bits per heavy atom. The fraction of sp³-hybridized carbons (Fsp3) is 0.571. The zero-order valence-electron chi connectivity index (χ0n) is 11.3. The Labute approximate surface area is 118 Å². The third-order valence-electron chi connectivity index (χ3n) is 4.09. The number of hydrazine groups is 1. The lowest BCUT2D eigenvalue weighted by Gasteiger charge is -2.38. The van der Waals surface area contributed by atoms with Crippen molar-refractivity contribution in [2.45, 2.75) is 18.5 Å². The van der Waals surface area contributed by atoms with Crippen molar-refractivity contribution in [3.8, 4) is 5.75 Å². The van der Waals surface area contributed by atoms with Gasteiger partial charge in [0.1, 0.15) is 5.75 Å². The van der Waals surface area contributed by atoms with Crippen molar-refractivity contribution in [2.75, 3.05) is 31.7 Å². The number of fused-ring (bicyclic) bond motifs is 1. The van der Waals surface area contributed by atoms with E-state index < -0.39 is 0 Å². The van der Waals surface area contributed by atoms with E-state index in [1.54, 1.807) is 0 Å². The second kappa shape index (κ2) is 5.71. The molecule has 0 bridgehead atoms. The highest BCUT2D eigenvalue weighted by atomic mass is 32.2. The van der Waals surface area contributed by atoms with Crippen LogP contribution in [0.25, 0.3) is 0 Å². The Morgan fingerprint density at radius 3 is 3.21 bits per heavy atom. The van der Waals surface area contributed by atoms with E-state index in [-0.39, 0.29) is 6.04 Å². The van der Waals surface area contributed by atoms with E-state index in [4.69, 9.17) is 10.6 Å². The van der Waals surface area contributed by atoms with Crippen molar-refractivity contribution in [1.29, 1.82) is 0 Å². The monoisotopic (exact) mass is 279 g/mol. The standard InChI is InChI=1S/C14H21N3OS/c1-17-6-8-19-9-12(17)13(16-15)11-4-2-3-10-5-7-18-14(10)11/h2-4,12-13,16H,5-9,15H2,1H3. The van der Waals surface area contributed by atoms with Crippen molar-refractivity contribution in [3.05, 3.63) is 29.3 Å². The first-order valence-electron chi connectivity index (χ1n) is 6.80. The number of nitrogens with two attached hydrogens (primary N) is 1. The largest absolute Gasteiger partial charge is 0.493 e. The fourth-order valence-corrected chi connectivity index (χ4v) is 4.22. The summed E-state index contributed by atoms with van der Waals surface area (Å²) in [6, 6.07) is 6.95. The van der Waals surface area contributed by atoms with Gasteiger partial charge in [-0.25, -0.2) is 0 Å². The molecule has 4 nitrogen and oxygen atoms in total. The van der Waals surface area contributed by atoms with Gasteiger partial charge in [-0.05, 0) is 12.6 Å². The van der Waals surface area contributed by atoms with E-state index in [9.17, 15) is 0 Å². The van der Waals surface area contributed by atoms with E-state index in [0.717, 1.165) is 31.1 Å². The van der Waals surface area contributed by atoms with Crippen molar-refractivity contribution in [1.82, 2.24) is 10.3 Å². The Hall–Kier alpha value is -0.750. The van der Waals surface area contributed by atoms with E-state index in [1.165, 1.54) is 16.9 Å². The van der Waals surface area contributed by atoms with Crippen LogP contribution in [-0.2, 0) is 6.42 Å². The van der Waals surface area contributed by atoms with Gasteiger partial charge in [0.2, 0.25) is 0 Å². The molecule has 0 amide bonds. The number of ether oxygens (including phenoxy) is 1. The summed E-state index contributed by atoms with van der Waals surface area (Å²) in [6.07, 6.45) is 1.01. The molecule has 5 heteroatoms. The summed E-state index contributed by atoms with van der Waals surface area (Å²) in [7, 11) is 2.18. The smallest absolute Gasteiger partial charge is 0.127 e. The summed E-state index contributed by atoms with van der Waals surface area (Å²) >= 11 is 2.00. The van der Waals surface area contributed by atoms with Crippen molar-refractivity contribution in [2.24, 2.45) is 5.84 Å². The average molecular weight is 279 g/mol. The molecule has 2 aliphatic rings. The van der Waals surface area contributed by atoms with Crippen LogP contribution in [0.5, 0.6) is 5.75 Å². The van der Waals surface area contributed by atoms with Crippen LogP contribution in [0.3, 0.4) is 0 Å². The Morgan fingerprint density at radius 2 is 2.42 bits per heavy atom. The molecule has 0 aliphatic carbocycles. The number of nitrogens with zero attached hydrogens (tertiary/aromatic N) is 1. The van der Waals surface area contributed by atoms with Gasteiger partial charge in [0.25, 0.3) is 0 Å². The molecular formula is C14H21N3OS. The summed E-state index contributed by atoms with van der Waals surface area (Å²) in [5.41, 5.74) is 5.53. The summed E-state index contributed by atoms with van der Waals surface area (Å²) in [6.45, 7) is 1.91. The highest BCUT2D eigenvalue weighted by molar-refractivity contribution is 7.99. The molecule has 104 valence electrons. The number of para-hydroxylation sites is 1. The first kappa shape index (κ1) is 13.2. The van der Waals surface area contributed by atoms with Crippen molar-refractivity contribution >= 4 is 11.8 Å². The number of benzene rings is 1. The SMILES string of the molecule is CN1CCSCC1C(NN)c1cccc2c1OCC2. The highest BCUT2D eigenvalue weighted by Gasteiger charge is 2.31. The molecule has 2 heterocycles. The van der Waals surface area contributed by atoms with E-state index in [0.29, 0.717) is 6.04 Å². The maximum atomic E-state index is 5.85. The molecule has 0 spiro atoms. The van der Waals surface area contributed by atoms with Crippen LogP contribution in [0, 0.1) is 0 Å². The van der Waals surface area contributed by atoms with Crippen LogP contribution in [0.4, 0.5) is 0 Å². The molecule has 1 saturated heterocycles. The molecule has 2 atom stereocenters. The fourth-order valence-electron chi connectivity index (χ4n) is 2.95. The Kier molecular flexibility index (Phi) is 3.98. The Balaban J connectivity index is 1.92. The summed E-state index contributed by atoms with van der Waals surface area (Å²) < 4.78 is 5.82. The predicted molar refractivity (Wildman–Crippen MR) is 79.4 cm³/mol. The summed E-state index contributed by atoms with van der Waals surface area (Å²) in [5, 5.41) is 0. The number of hydrogen-bond donors (Lipinski definition) is 2. The predicted octanol–water partition coefficient (Wildman–Crippen LogP) is 1.17. The number of rotatable bonds is 3. The van der Waals surface area contributed by atoms with Gasteiger partial charge in [-0.1, -0.05) is 18.2 Å². The van der Waals surface area contributed by atoms with Gasteiger partial charge in [-0.15, -0.1) is 0 Å². The molecule has 3 rings (SSSR count). The van der Waals surface area contributed by atoms with Gasteiger partial charge in [-0.2, -0.15) is 11.8 Å². The van der Waals surface area contributed by atoms with Crippen LogP contribution in [0.15, 0.2) is 18.2 Å². The quantitative estimate of drug-likeness (QED) is 0.642. The molecule has 19 heavy (non-hydrogen) atoms. The molecule has 3 N–H and O–H groups in total. The van der Waals surface area contributed by atoms with Crippen LogP contribution >= 0.6 is 11.8 Å². The highest BCUT2D eigenvalue weighted by Crippen LogP contribution is 2.36. The maximum Gasteiger partial charge on any atom is 0.127 e. The average Bonchev–Trinajstić information content (AvgIpc) is 2.91.